The molecule has 1 unspecified atom stereocenters. The average molecular weight is 433 g/mol. The number of hydrogen-bond donors (Lipinski definition) is 1. The minimum atomic E-state index is -0.739. The van der Waals surface area contributed by atoms with Crippen LogP contribution in [0.25, 0.3) is 11.5 Å². The van der Waals surface area contributed by atoms with E-state index in [4.69, 9.17) is 13.9 Å². The van der Waals surface area contributed by atoms with E-state index < -0.39 is 6.04 Å². The van der Waals surface area contributed by atoms with Crippen LogP contribution in [-0.4, -0.2) is 23.4 Å². The van der Waals surface area contributed by atoms with E-state index in [1.54, 1.807) is 18.2 Å². The molecule has 7 heteroatoms. The first-order chi connectivity index (χ1) is 15.7. The summed E-state index contributed by atoms with van der Waals surface area (Å²) in [5.74, 6) is 1.49. The standard InChI is InChI=1S/C25H24FN3O3/c1-3-30-18-14-15-22(31-4-2)21(16-18)27-23(19-12-8-9-13-20(19)26)25-29-28-24(32-25)17-10-6-5-7-11-17/h5-16,23,27H,3-4H2,1-2H3. The molecule has 0 spiro atoms. The van der Waals surface area contributed by atoms with Crippen LogP contribution in [0.15, 0.2) is 77.2 Å². The molecule has 6 nitrogen and oxygen atoms in total. The molecule has 0 saturated carbocycles. The van der Waals surface area contributed by atoms with E-state index in [0.29, 0.717) is 41.9 Å². The second kappa shape index (κ2) is 9.96. The number of nitrogens with zero attached hydrogens (tertiary/aromatic N) is 2. The van der Waals surface area contributed by atoms with E-state index in [2.05, 4.69) is 15.5 Å². The van der Waals surface area contributed by atoms with Crippen molar-refractivity contribution in [2.75, 3.05) is 18.5 Å². The molecule has 0 saturated heterocycles. The average Bonchev–Trinajstić information content (AvgIpc) is 3.31. The zero-order valence-electron chi connectivity index (χ0n) is 17.9. The Hall–Kier alpha value is -3.87. The van der Waals surface area contributed by atoms with Gasteiger partial charge in [-0.1, -0.05) is 36.4 Å². The molecule has 164 valence electrons. The lowest BCUT2D eigenvalue weighted by atomic mass is 10.1. The molecular formula is C25H24FN3O3. The maximum Gasteiger partial charge on any atom is 0.247 e. The zero-order valence-corrected chi connectivity index (χ0v) is 17.9. The molecule has 32 heavy (non-hydrogen) atoms. The van der Waals surface area contributed by atoms with Crippen LogP contribution in [-0.2, 0) is 0 Å². The van der Waals surface area contributed by atoms with E-state index in [1.165, 1.54) is 6.07 Å². The van der Waals surface area contributed by atoms with Crippen molar-refractivity contribution in [1.29, 1.82) is 0 Å². The Morgan fingerprint density at radius 1 is 0.906 bits per heavy atom. The Bertz CT molecular complexity index is 1160. The van der Waals surface area contributed by atoms with Crippen LogP contribution in [0.4, 0.5) is 10.1 Å². The Labute approximate surface area is 186 Å². The quantitative estimate of drug-likeness (QED) is 0.356. The summed E-state index contributed by atoms with van der Waals surface area (Å²) < 4.78 is 32.2. The summed E-state index contributed by atoms with van der Waals surface area (Å²) in [6.45, 7) is 4.81. The first-order valence-electron chi connectivity index (χ1n) is 10.5. The molecule has 4 rings (SSSR count). The van der Waals surface area contributed by atoms with E-state index in [9.17, 15) is 4.39 Å². The van der Waals surface area contributed by atoms with Gasteiger partial charge in [0.25, 0.3) is 0 Å². The van der Waals surface area contributed by atoms with Crippen molar-refractivity contribution in [2.45, 2.75) is 19.9 Å². The summed E-state index contributed by atoms with van der Waals surface area (Å²) in [4.78, 5) is 0. The molecule has 1 heterocycles. The highest BCUT2D eigenvalue weighted by molar-refractivity contribution is 5.62. The number of nitrogens with one attached hydrogen (secondary N) is 1. The van der Waals surface area contributed by atoms with Crippen molar-refractivity contribution in [1.82, 2.24) is 10.2 Å². The summed E-state index contributed by atoms with van der Waals surface area (Å²) in [6, 6.07) is 20.7. The van der Waals surface area contributed by atoms with Crippen LogP contribution in [0.2, 0.25) is 0 Å². The fourth-order valence-electron chi connectivity index (χ4n) is 3.35. The fourth-order valence-corrected chi connectivity index (χ4v) is 3.35. The van der Waals surface area contributed by atoms with Crippen molar-refractivity contribution in [3.63, 3.8) is 0 Å². The Morgan fingerprint density at radius 2 is 1.66 bits per heavy atom. The van der Waals surface area contributed by atoms with Crippen molar-refractivity contribution >= 4 is 5.69 Å². The molecule has 1 aromatic heterocycles. The number of halogens is 1. The summed E-state index contributed by atoms with van der Waals surface area (Å²) in [7, 11) is 0. The zero-order chi connectivity index (χ0) is 22.3. The smallest absolute Gasteiger partial charge is 0.247 e. The number of aromatic nitrogens is 2. The number of rotatable bonds is 9. The lowest BCUT2D eigenvalue weighted by Crippen LogP contribution is -2.15. The molecule has 0 aliphatic heterocycles. The van der Waals surface area contributed by atoms with Crippen LogP contribution >= 0.6 is 0 Å². The van der Waals surface area contributed by atoms with Crippen molar-refractivity contribution in [3.8, 4) is 23.0 Å². The normalized spacial score (nSPS) is 11.7. The van der Waals surface area contributed by atoms with Gasteiger partial charge in [-0.25, -0.2) is 4.39 Å². The van der Waals surface area contributed by atoms with Gasteiger partial charge in [0, 0.05) is 17.2 Å². The largest absolute Gasteiger partial charge is 0.494 e. The van der Waals surface area contributed by atoms with Crippen LogP contribution in [0, 0.1) is 5.82 Å². The van der Waals surface area contributed by atoms with Crippen LogP contribution < -0.4 is 14.8 Å². The van der Waals surface area contributed by atoms with Gasteiger partial charge < -0.3 is 19.2 Å². The van der Waals surface area contributed by atoms with Crippen LogP contribution in [0.3, 0.4) is 0 Å². The second-order valence-electron chi connectivity index (χ2n) is 6.93. The van der Waals surface area contributed by atoms with Crippen molar-refractivity contribution < 1.29 is 18.3 Å². The summed E-state index contributed by atoms with van der Waals surface area (Å²) in [5.41, 5.74) is 1.79. The highest BCUT2D eigenvalue weighted by Gasteiger charge is 2.25. The number of ether oxygens (including phenoxy) is 2. The minimum absolute atomic E-state index is 0.234. The first-order valence-corrected chi connectivity index (χ1v) is 10.5. The lowest BCUT2D eigenvalue weighted by molar-refractivity contribution is 0.331. The van der Waals surface area contributed by atoms with Gasteiger partial charge in [0.05, 0.1) is 18.9 Å². The SMILES string of the molecule is CCOc1ccc(OCC)c(NC(c2nnc(-c3ccccc3)o2)c2ccccc2F)c1. The predicted octanol–water partition coefficient (Wildman–Crippen LogP) is 5.87. The van der Waals surface area contributed by atoms with Crippen LogP contribution in [0.1, 0.15) is 31.3 Å². The Kier molecular flexibility index (Phi) is 6.65. The molecule has 0 aliphatic rings. The molecule has 1 atom stereocenters. The summed E-state index contributed by atoms with van der Waals surface area (Å²) in [6.07, 6.45) is 0. The summed E-state index contributed by atoms with van der Waals surface area (Å²) in [5, 5.41) is 11.7. The van der Waals surface area contributed by atoms with E-state index in [0.717, 1.165) is 5.56 Å². The number of benzene rings is 3. The molecule has 1 N–H and O–H groups in total. The molecule has 0 fully saturated rings. The number of anilines is 1. The Morgan fingerprint density at radius 3 is 2.41 bits per heavy atom. The monoisotopic (exact) mass is 433 g/mol. The van der Waals surface area contributed by atoms with Gasteiger partial charge in [-0.3, -0.25) is 0 Å². The second-order valence-corrected chi connectivity index (χ2v) is 6.93. The predicted molar refractivity (Wildman–Crippen MR) is 120 cm³/mol. The van der Waals surface area contributed by atoms with Crippen molar-refractivity contribution in [2.24, 2.45) is 0 Å². The van der Waals surface area contributed by atoms with Gasteiger partial charge in [-0.15, -0.1) is 10.2 Å². The lowest BCUT2D eigenvalue weighted by Gasteiger charge is -2.20. The summed E-state index contributed by atoms with van der Waals surface area (Å²) >= 11 is 0. The van der Waals surface area contributed by atoms with E-state index >= 15 is 0 Å². The first kappa shape index (κ1) is 21.4. The molecule has 3 aromatic carbocycles. The van der Waals surface area contributed by atoms with Gasteiger partial charge in [-0.05, 0) is 44.2 Å². The van der Waals surface area contributed by atoms with Gasteiger partial charge in [-0.2, -0.15) is 0 Å². The van der Waals surface area contributed by atoms with Crippen LogP contribution in [0.5, 0.6) is 11.5 Å². The maximum absolute atomic E-state index is 14.8. The maximum atomic E-state index is 14.8. The van der Waals surface area contributed by atoms with Gasteiger partial charge in [0.2, 0.25) is 11.8 Å². The Balaban J connectivity index is 1.76. The van der Waals surface area contributed by atoms with Gasteiger partial charge in [0.1, 0.15) is 23.4 Å². The van der Waals surface area contributed by atoms with E-state index in [1.807, 2.05) is 62.4 Å². The molecule has 0 bridgehead atoms. The van der Waals surface area contributed by atoms with Gasteiger partial charge >= 0.3 is 0 Å². The molecule has 0 radical (unpaired) electrons. The van der Waals surface area contributed by atoms with E-state index in [-0.39, 0.29) is 11.7 Å². The van der Waals surface area contributed by atoms with Gasteiger partial charge in [0.15, 0.2) is 0 Å². The number of hydrogen-bond acceptors (Lipinski definition) is 6. The highest BCUT2D eigenvalue weighted by Crippen LogP contribution is 2.35. The van der Waals surface area contributed by atoms with Crippen molar-refractivity contribution in [3.05, 3.63) is 90.1 Å². The fraction of sp³-hybridized carbons (Fsp3) is 0.200. The topological polar surface area (TPSA) is 69.4 Å². The third-order valence-corrected chi connectivity index (χ3v) is 4.79. The highest BCUT2D eigenvalue weighted by atomic mass is 19.1. The molecular weight excluding hydrogens is 409 g/mol. The molecule has 4 aromatic rings. The molecule has 0 aliphatic carbocycles. The third-order valence-electron chi connectivity index (χ3n) is 4.79. The third kappa shape index (κ3) is 4.72. The molecule has 0 amide bonds. The minimum Gasteiger partial charge on any atom is -0.494 e.